The van der Waals surface area contributed by atoms with Gasteiger partial charge in [0.25, 0.3) is 0 Å². The summed E-state index contributed by atoms with van der Waals surface area (Å²) in [5.41, 5.74) is 1.81. The Hall–Kier alpha value is -2.40. The molecule has 1 N–H and O–H groups in total. The zero-order chi connectivity index (χ0) is 17.6. The molecular formula is C20H23FN2O2. The van der Waals surface area contributed by atoms with E-state index >= 15 is 0 Å². The van der Waals surface area contributed by atoms with E-state index in [1.807, 2.05) is 37.4 Å². The van der Waals surface area contributed by atoms with Crippen molar-refractivity contribution in [2.75, 3.05) is 13.6 Å². The summed E-state index contributed by atoms with van der Waals surface area (Å²) in [5, 5.41) is 2.99. The predicted octanol–water partition coefficient (Wildman–Crippen LogP) is 3.12. The van der Waals surface area contributed by atoms with Crippen LogP contribution in [0.5, 0.6) is 5.75 Å². The Morgan fingerprint density at radius 2 is 2.04 bits per heavy atom. The second-order valence-corrected chi connectivity index (χ2v) is 6.42. The number of amides is 1. The Bertz CT molecular complexity index is 718. The Labute approximate surface area is 147 Å². The van der Waals surface area contributed by atoms with Gasteiger partial charge in [0.05, 0.1) is 6.04 Å². The van der Waals surface area contributed by atoms with E-state index in [0.717, 1.165) is 36.3 Å². The van der Waals surface area contributed by atoms with E-state index in [2.05, 4.69) is 10.2 Å². The van der Waals surface area contributed by atoms with Gasteiger partial charge in [0.1, 0.15) is 18.2 Å². The highest BCUT2D eigenvalue weighted by molar-refractivity contribution is 5.81. The lowest BCUT2D eigenvalue weighted by atomic mass is 10.2. The topological polar surface area (TPSA) is 41.6 Å². The van der Waals surface area contributed by atoms with Gasteiger partial charge in [-0.05, 0) is 61.8 Å². The standard InChI is InChI=1S/C20H23FN2O2/c1-23-11-3-6-19(23)20(24)22-13-15-7-9-18(10-8-15)25-14-16-4-2-5-17(21)12-16/h2,4-5,7-10,12,19H,3,6,11,13-14H2,1H3,(H,22,24)/t19-/m0/s1. The number of hydrogen-bond acceptors (Lipinski definition) is 3. The molecule has 2 aromatic carbocycles. The van der Waals surface area contributed by atoms with E-state index in [0.29, 0.717) is 13.2 Å². The van der Waals surface area contributed by atoms with Crippen LogP contribution in [0, 0.1) is 5.82 Å². The van der Waals surface area contributed by atoms with Crippen LogP contribution in [-0.4, -0.2) is 30.4 Å². The van der Waals surface area contributed by atoms with Crippen molar-refractivity contribution in [2.45, 2.75) is 32.0 Å². The molecule has 1 heterocycles. The average molecular weight is 342 g/mol. The summed E-state index contributed by atoms with van der Waals surface area (Å²) >= 11 is 0. The fourth-order valence-electron chi connectivity index (χ4n) is 3.05. The first kappa shape index (κ1) is 17.4. The molecule has 0 aliphatic carbocycles. The fourth-order valence-corrected chi connectivity index (χ4v) is 3.05. The molecule has 0 unspecified atom stereocenters. The van der Waals surface area contributed by atoms with Gasteiger partial charge in [0.15, 0.2) is 0 Å². The molecule has 1 aliphatic heterocycles. The molecule has 0 spiro atoms. The average Bonchev–Trinajstić information content (AvgIpc) is 3.05. The van der Waals surface area contributed by atoms with E-state index in [4.69, 9.17) is 4.74 Å². The van der Waals surface area contributed by atoms with E-state index < -0.39 is 0 Å². The molecule has 0 radical (unpaired) electrons. The molecule has 4 nitrogen and oxygen atoms in total. The number of carbonyl (C=O) groups excluding carboxylic acids is 1. The second kappa shape index (κ2) is 8.12. The molecule has 1 fully saturated rings. The zero-order valence-electron chi connectivity index (χ0n) is 14.4. The molecule has 2 aromatic rings. The van der Waals surface area contributed by atoms with Gasteiger partial charge in [-0.3, -0.25) is 9.69 Å². The largest absolute Gasteiger partial charge is 0.489 e. The van der Waals surface area contributed by atoms with Crippen LogP contribution in [-0.2, 0) is 17.9 Å². The Balaban J connectivity index is 1.47. The summed E-state index contributed by atoms with van der Waals surface area (Å²) in [6.07, 6.45) is 2.00. The summed E-state index contributed by atoms with van der Waals surface area (Å²) in [5.74, 6) is 0.543. The van der Waals surface area contributed by atoms with E-state index in [1.54, 1.807) is 6.07 Å². The van der Waals surface area contributed by atoms with Crippen molar-refractivity contribution >= 4 is 5.91 Å². The summed E-state index contributed by atoms with van der Waals surface area (Å²) < 4.78 is 18.8. The van der Waals surface area contributed by atoms with Crippen LogP contribution in [0.25, 0.3) is 0 Å². The van der Waals surface area contributed by atoms with Gasteiger partial charge in [0.2, 0.25) is 5.91 Å². The smallest absolute Gasteiger partial charge is 0.237 e. The van der Waals surface area contributed by atoms with Crippen LogP contribution in [0.15, 0.2) is 48.5 Å². The van der Waals surface area contributed by atoms with Crippen molar-refractivity contribution in [1.29, 1.82) is 0 Å². The Morgan fingerprint density at radius 1 is 1.24 bits per heavy atom. The quantitative estimate of drug-likeness (QED) is 0.877. The van der Waals surface area contributed by atoms with Gasteiger partial charge in [-0.15, -0.1) is 0 Å². The zero-order valence-corrected chi connectivity index (χ0v) is 14.4. The summed E-state index contributed by atoms with van der Waals surface area (Å²) in [6, 6.07) is 14.0. The van der Waals surface area contributed by atoms with Crippen molar-refractivity contribution in [3.05, 3.63) is 65.5 Å². The lowest BCUT2D eigenvalue weighted by molar-refractivity contribution is -0.125. The number of halogens is 1. The van der Waals surface area contributed by atoms with Gasteiger partial charge >= 0.3 is 0 Å². The molecule has 25 heavy (non-hydrogen) atoms. The molecule has 1 aliphatic rings. The maximum atomic E-state index is 13.1. The van der Waals surface area contributed by atoms with Gasteiger partial charge in [-0.25, -0.2) is 4.39 Å². The van der Waals surface area contributed by atoms with Gasteiger partial charge in [-0.2, -0.15) is 0 Å². The van der Waals surface area contributed by atoms with Crippen LogP contribution >= 0.6 is 0 Å². The third-order valence-corrected chi connectivity index (χ3v) is 4.51. The third kappa shape index (κ3) is 4.79. The highest BCUT2D eigenvalue weighted by Crippen LogP contribution is 2.16. The van der Waals surface area contributed by atoms with Crippen molar-refractivity contribution in [2.24, 2.45) is 0 Å². The van der Waals surface area contributed by atoms with Crippen molar-refractivity contribution < 1.29 is 13.9 Å². The summed E-state index contributed by atoms with van der Waals surface area (Å²) in [6.45, 7) is 1.81. The normalized spacial score (nSPS) is 17.4. The lowest BCUT2D eigenvalue weighted by Crippen LogP contribution is -2.41. The molecule has 0 aromatic heterocycles. The van der Waals surface area contributed by atoms with Crippen LogP contribution in [0.2, 0.25) is 0 Å². The maximum absolute atomic E-state index is 13.1. The lowest BCUT2D eigenvalue weighted by Gasteiger charge is -2.18. The monoisotopic (exact) mass is 342 g/mol. The number of ether oxygens (including phenoxy) is 1. The van der Waals surface area contributed by atoms with Crippen molar-refractivity contribution in [3.8, 4) is 5.75 Å². The Morgan fingerprint density at radius 3 is 2.72 bits per heavy atom. The molecule has 1 saturated heterocycles. The molecule has 132 valence electrons. The highest BCUT2D eigenvalue weighted by Gasteiger charge is 2.27. The number of rotatable bonds is 6. The molecule has 3 rings (SSSR count). The van der Waals surface area contributed by atoms with Crippen LogP contribution in [0.3, 0.4) is 0 Å². The molecule has 1 amide bonds. The number of likely N-dealkylation sites (tertiary alicyclic amines) is 1. The molecular weight excluding hydrogens is 319 g/mol. The predicted molar refractivity (Wildman–Crippen MR) is 94.7 cm³/mol. The summed E-state index contributed by atoms with van der Waals surface area (Å²) in [4.78, 5) is 14.3. The SMILES string of the molecule is CN1CCC[C@H]1C(=O)NCc1ccc(OCc2cccc(F)c2)cc1. The second-order valence-electron chi connectivity index (χ2n) is 6.42. The number of carbonyl (C=O) groups is 1. The fraction of sp³-hybridized carbons (Fsp3) is 0.350. The molecule has 0 saturated carbocycles. The minimum absolute atomic E-state index is 0.00567. The van der Waals surface area contributed by atoms with Crippen LogP contribution in [0.1, 0.15) is 24.0 Å². The molecule has 1 atom stereocenters. The maximum Gasteiger partial charge on any atom is 0.237 e. The number of likely N-dealkylation sites (N-methyl/N-ethyl adjacent to an activating group) is 1. The minimum Gasteiger partial charge on any atom is -0.489 e. The van der Waals surface area contributed by atoms with Gasteiger partial charge in [0, 0.05) is 6.54 Å². The minimum atomic E-state index is -0.264. The van der Waals surface area contributed by atoms with E-state index in [1.165, 1.54) is 12.1 Å². The third-order valence-electron chi connectivity index (χ3n) is 4.51. The van der Waals surface area contributed by atoms with Crippen molar-refractivity contribution in [1.82, 2.24) is 10.2 Å². The van der Waals surface area contributed by atoms with Gasteiger partial charge in [-0.1, -0.05) is 24.3 Å². The first-order valence-corrected chi connectivity index (χ1v) is 8.56. The van der Waals surface area contributed by atoms with E-state index in [9.17, 15) is 9.18 Å². The molecule has 0 bridgehead atoms. The van der Waals surface area contributed by atoms with E-state index in [-0.39, 0.29) is 17.8 Å². The summed E-state index contributed by atoms with van der Waals surface area (Å²) in [7, 11) is 1.99. The molecule has 5 heteroatoms. The first-order valence-electron chi connectivity index (χ1n) is 8.56. The number of nitrogens with zero attached hydrogens (tertiary/aromatic N) is 1. The van der Waals surface area contributed by atoms with Gasteiger partial charge < -0.3 is 10.1 Å². The number of hydrogen-bond donors (Lipinski definition) is 1. The number of benzene rings is 2. The van der Waals surface area contributed by atoms with Crippen LogP contribution < -0.4 is 10.1 Å². The Kier molecular flexibility index (Phi) is 5.66. The number of nitrogens with one attached hydrogen (secondary N) is 1. The first-order chi connectivity index (χ1) is 12.1. The van der Waals surface area contributed by atoms with Crippen LogP contribution in [0.4, 0.5) is 4.39 Å². The highest BCUT2D eigenvalue weighted by atomic mass is 19.1. The van der Waals surface area contributed by atoms with Crippen molar-refractivity contribution in [3.63, 3.8) is 0 Å².